The fourth-order valence-corrected chi connectivity index (χ4v) is 3.14. The third-order valence-corrected chi connectivity index (χ3v) is 4.97. The maximum Gasteiger partial charge on any atom is 0.307 e. The lowest BCUT2D eigenvalue weighted by molar-refractivity contribution is -0.136. The van der Waals surface area contributed by atoms with E-state index < -0.39 is 5.97 Å². The van der Waals surface area contributed by atoms with Crippen LogP contribution in [0.25, 0.3) is 0 Å². The second-order valence-corrected chi connectivity index (χ2v) is 9.82. The van der Waals surface area contributed by atoms with Crippen LogP contribution in [0, 0.1) is 17.8 Å². The zero-order valence-corrected chi connectivity index (χ0v) is 21.2. The molecule has 0 bridgehead atoms. The Morgan fingerprint density at radius 1 is 0.794 bits per heavy atom. The van der Waals surface area contributed by atoms with Gasteiger partial charge in [0.25, 0.3) is 0 Å². The van der Waals surface area contributed by atoms with Crippen LogP contribution in [0.2, 0.25) is 0 Å². The van der Waals surface area contributed by atoms with Crippen LogP contribution in [-0.2, 0) is 11.2 Å². The molecule has 2 aromatic carbocycles. The molecule has 0 unspecified atom stereocenters. The van der Waals surface area contributed by atoms with Gasteiger partial charge in [0, 0.05) is 17.2 Å². The molecule has 0 aliphatic carbocycles. The number of hydrogen-bond donors (Lipinski definition) is 1. The Kier molecular flexibility index (Phi) is 10.4. The van der Waals surface area contributed by atoms with Crippen molar-refractivity contribution in [3.05, 3.63) is 53.1 Å². The summed E-state index contributed by atoms with van der Waals surface area (Å²) in [5.41, 5.74) is 1.27. The molecular formula is C28H38O6. The lowest BCUT2D eigenvalue weighted by Crippen LogP contribution is -2.11. The van der Waals surface area contributed by atoms with E-state index in [-0.39, 0.29) is 12.2 Å². The minimum atomic E-state index is -0.983. The molecule has 2 aromatic rings. The van der Waals surface area contributed by atoms with E-state index in [4.69, 9.17) is 14.2 Å². The van der Waals surface area contributed by atoms with Crippen molar-refractivity contribution in [2.45, 2.75) is 54.4 Å². The van der Waals surface area contributed by atoms with Crippen LogP contribution in [0.15, 0.2) is 36.4 Å². The van der Waals surface area contributed by atoms with E-state index in [2.05, 4.69) is 27.7 Å². The van der Waals surface area contributed by atoms with Gasteiger partial charge >= 0.3 is 5.97 Å². The first-order valence-corrected chi connectivity index (χ1v) is 12.0. The summed E-state index contributed by atoms with van der Waals surface area (Å²) >= 11 is 0. The molecule has 0 spiro atoms. The maximum absolute atomic E-state index is 13.4. The smallest absolute Gasteiger partial charge is 0.307 e. The van der Waals surface area contributed by atoms with Crippen molar-refractivity contribution in [3.8, 4) is 17.2 Å². The summed E-state index contributed by atoms with van der Waals surface area (Å²) in [4.78, 5) is 24.9. The van der Waals surface area contributed by atoms with Crippen molar-refractivity contribution in [2.75, 3.05) is 19.8 Å². The Labute approximate surface area is 203 Å². The van der Waals surface area contributed by atoms with Crippen LogP contribution in [0.4, 0.5) is 0 Å². The van der Waals surface area contributed by atoms with Crippen LogP contribution >= 0.6 is 0 Å². The average Bonchev–Trinajstić information content (AvgIpc) is 2.75. The molecule has 0 aliphatic heterocycles. The molecule has 0 aromatic heterocycles. The number of aliphatic carboxylic acids is 1. The van der Waals surface area contributed by atoms with Gasteiger partial charge in [-0.1, -0.05) is 41.5 Å². The van der Waals surface area contributed by atoms with E-state index in [1.165, 1.54) is 0 Å². The number of carbonyl (C=O) groups excluding carboxylic acids is 1. The topological polar surface area (TPSA) is 82.1 Å². The van der Waals surface area contributed by atoms with E-state index in [1.807, 2.05) is 13.8 Å². The van der Waals surface area contributed by atoms with Crippen LogP contribution in [0.1, 0.15) is 69.4 Å². The first kappa shape index (κ1) is 27.2. The third kappa shape index (κ3) is 8.73. The van der Waals surface area contributed by atoms with E-state index in [1.54, 1.807) is 36.4 Å². The summed E-state index contributed by atoms with van der Waals surface area (Å²) in [6.07, 6.45) is 0.629. The zero-order valence-electron chi connectivity index (χ0n) is 21.2. The molecule has 0 aliphatic rings. The number of carbonyl (C=O) groups is 2. The van der Waals surface area contributed by atoms with Gasteiger partial charge in [-0.05, 0) is 54.5 Å². The maximum atomic E-state index is 13.4. The zero-order chi connectivity index (χ0) is 25.3. The quantitative estimate of drug-likeness (QED) is 0.339. The Hall–Kier alpha value is -3.02. The van der Waals surface area contributed by atoms with Gasteiger partial charge in [0.15, 0.2) is 5.78 Å². The van der Waals surface area contributed by atoms with Gasteiger partial charge in [0.05, 0.1) is 31.8 Å². The van der Waals surface area contributed by atoms with Crippen molar-refractivity contribution in [2.24, 2.45) is 17.8 Å². The average molecular weight is 471 g/mol. The number of rotatable bonds is 14. The molecule has 0 heterocycles. The molecule has 6 nitrogen and oxygen atoms in total. The number of carboxylic acid groups (broad SMARTS) is 1. The molecular weight excluding hydrogens is 432 g/mol. The number of hydrogen-bond acceptors (Lipinski definition) is 5. The van der Waals surface area contributed by atoms with Crippen molar-refractivity contribution in [1.82, 2.24) is 0 Å². The lowest BCUT2D eigenvalue weighted by atomic mass is 9.98. The normalized spacial score (nSPS) is 11.2. The van der Waals surface area contributed by atoms with Gasteiger partial charge in [-0.3, -0.25) is 9.59 Å². The summed E-state index contributed by atoms with van der Waals surface area (Å²) in [6, 6.07) is 10.2. The molecule has 0 radical (unpaired) electrons. The molecule has 186 valence electrons. The number of ether oxygens (including phenoxy) is 3. The van der Waals surface area contributed by atoms with Gasteiger partial charge in [-0.2, -0.15) is 0 Å². The molecule has 0 amide bonds. The molecule has 1 N–H and O–H groups in total. The van der Waals surface area contributed by atoms with Crippen molar-refractivity contribution >= 4 is 11.8 Å². The first-order chi connectivity index (χ1) is 16.1. The van der Waals surface area contributed by atoms with Gasteiger partial charge < -0.3 is 19.3 Å². The highest BCUT2D eigenvalue weighted by Crippen LogP contribution is 2.30. The van der Waals surface area contributed by atoms with Crippen LogP contribution in [0.3, 0.4) is 0 Å². The fourth-order valence-electron chi connectivity index (χ4n) is 3.14. The predicted octanol–water partition coefficient (Wildman–Crippen LogP) is 6.04. The molecule has 0 saturated carbocycles. The molecule has 0 atom stereocenters. The van der Waals surface area contributed by atoms with Gasteiger partial charge in [-0.25, -0.2) is 0 Å². The predicted molar refractivity (Wildman–Crippen MR) is 133 cm³/mol. The number of ketones is 1. The monoisotopic (exact) mass is 470 g/mol. The Balaban J connectivity index is 2.37. The fraction of sp³-hybridized carbons (Fsp3) is 0.500. The molecule has 6 heteroatoms. The van der Waals surface area contributed by atoms with E-state index in [9.17, 15) is 14.7 Å². The largest absolute Gasteiger partial charge is 0.493 e. The summed E-state index contributed by atoms with van der Waals surface area (Å²) < 4.78 is 17.6. The SMILES string of the molecule is CC(C)CCOc1cc(OCC(C)C)ccc1C(=O)c1ccc(OCC(C)C)c(CC(=O)O)c1. The highest BCUT2D eigenvalue weighted by molar-refractivity contribution is 6.11. The standard InChI is InChI=1S/C28H38O6/c1-18(2)11-12-32-26-15-23(33-16-19(3)4)8-9-24(26)28(31)21-7-10-25(34-17-20(5)6)22(13-21)14-27(29)30/h7-10,13,15,18-20H,11-12,14,16-17H2,1-6H3,(H,29,30). The molecule has 0 saturated heterocycles. The van der Waals surface area contributed by atoms with Gasteiger partial charge in [0.2, 0.25) is 0 Å². The summed E-state index contributed by atoms with van der Waals surface area (Å²) in [5.74, 6) is 1.51. The molecule has 2 rings (SSSR count). The van der Waals surface area contributed by atoms with Crippen molar-refractivity contribution in [1.29, 1.82) is 0 Å². The van der Waals surface area contributed by atoms with E-state index in [0.29, 0.717) is 71.5 Å². The third-order valence-electron chi connectivity index (χ3n) is 4.97. The van der Waals surface area contributed by atoms with Gasteiger partial charge in [-0.15, -0.1) is 0 Å². The minimum Gasteiger partial charge on any atom is -0.493 e. The Bertz CT molecular complexity index is 961. The lowest BCUT2D eigenvalue weighted by Gasteiger charge is -2.16. The minimum absolute atomic E-state index is 0.228. The van der Waals surface area contributed by atoms with Crippen LogP contribution < -0.4 is 14.2 Å². The Morgan fingerprint density at radius 3 is 2.09 bits per heavy atom. The highest BCUT2D eigenvalue weighted by Gasteiger charge is 2.19. The number of benzene rings is 2. The highest BCUT2D eigenvalue weighted by atomic mass is 16.5. The van der Waals surface area contributed by atoms with E-state index >= 15 is 0 Å². The van der Waals surface area contributed by atoms with Crippen LogP contribution in [-0.4, -0.2) is 36.7 Å². The number of carboxylic acids is 1. The summed E-state index contributed by atoms with van der Waals surface area (Å²) in [6.45, 7) is 13.9. The molecule has 34 heavy (non-hydrogen) atoms. The van der Waals surface area contributed by atoms with E-state index in [0.717, 1.165) is 6.42 Å². The second-order valence-electron chi connectivity index (χ2n) is 9.82. The Morgan fingerprint density at radius 2 is 1.47 bits per heavy atom. The second kappa shape index (κ2) is 13.0. The van der Waals surface area contributed by atoms with Crippen molar-refractivity contribution in [3.63, 3.8) is 0 Å². The van der Waals surface area contributed by atoms with Crippen LogP contribution in [0.5, 0.6) is 17.2 Å². The summed E-state index contributed by atoms with van der Waals surface area (Å²) in [7, 11) is 0. The molecule has 0 fully saturated rings. The van der Waals surface area contributed by atoms with Crippen molar-refractivity contribution < 1.29 is 28.9 Å². The summed E-state index contributed by atoms with van der Waals surface area (Å²) in [5, 5.41) is 9.35. The van der Waals surface area contributed by atoms with Gasteiger partial charge in [0.1, 0.15) is 17.2 Å². The first-order valence-electron chi connectivity index (χ1n) is 12.0.